The van der Waals surface area contributed by atoms with Gasteiger partial charge in [0.25, 0.3) is 12.4 Å². The maximum atomic E-state index is 11.6. The van der Waals surface area contributed by atoms with E-state index in [1.54, 1.807) is 0 Å². The van der Waals surface area contributed by atoms with Crippen LogP contribution in [0.25, 0.3) is 17.5 Å². The molecule has 3 rings (SSSR count). The maximum absolute atomic E-state index is 11.6. The monoisotopic (exact) mass is 343 g/mol. The smallest absolute Gasteiger partial charge is 0.293 e. The summed E-state index contributed by atoms with van der Waals surface area (Å²) < 4.78 is 10.5. The van der Waals surface area contributed by atoms with Gasteiger partial charge in [-0.25, -0.2) is 4.98 Å². The number of carbonyl (C=O) groups is 2. The van der Waals surface area contributed by atoms with Gasteiger partial charge in [-0.2, -0.15) is 0 Å². The Labute approximate surface area is 142 Å². The molecule has 0 spiro atoms. The number of aryl methyl sites for hydroxylation is 1. The molecule has 1 aliphatic rings. The zero-order valence-electron chi connectivity index (χ0n) is 12.7. The van der Waals surface area contributed by atoms with Crippen molar-refractivity contribution in [1.29, 1.82) is 0 Å². The minimum Gasteiger partial charge on any atom is -0.463 e. The van der Waals surface area contributed by atoms with Gasteiger partial charge in [-0.1, -0.05) is 6.07 Å². The molecule has 8 heteroatoms. The summed E-state index contributed by atoms with van der Waals surface area (Å²) in [5, 5.41) is 5.46. The predicted molar refractivity (Wildman–Crippen MR) is 89.4 cm³/mol. The number of benzene rings is 1. The fourth-order valence-electron chi connectivity index (χ4n) is 2.20. The molecular formula is C16H13N3O4S. The number of thiocarbonyl (C=S) groups is 1. The summed E-state index contributed by atoms with van der Waals surface area (Å²) in [6, 6.07) is 5.60. The van der Waals surface area contributed by atoms with E-state index in [1.807, 2.05) is 25.1 Å². The van der Waals surface area contributed by atoms with Crippen molar-refractivity contribution in [2.75, 3.05) is 0 Å². The summed E-state index contributed by atoms with van der Waals surface area (Å²) in [5.41, 5.74) is 2.90. The van der Waals surface area contributed by atoms with E-state index in [1.165, 1.54) is 12.3 Å². The van der Waals surface area contributed by atoms with Crippen LogP contribution in [0.4, 0.5) is 0 Å². The van der Waals surface area contributed by atoms with Crippen LogP contribution in [0.15, 0.2) is 34.5 Å². The summed E-state index contributed by atoms with van der Waals surface area (Å²) in [4.78, 5) is 26.2. The lowest BCUT2D eigenvalue weighted by atomic mass is 10.1. The highest BCUT2D eigenvalue weighted by atomic mass is 32.1. The summed E-state index contributed by atoms with van der Waals surface area (Å²) in [6.45, 7) is 2.51. The van der Waals surface area contributed by atoms with E-state index < -0.39 is 0 Å². The van der Waals surface area contributed by atoms with Crippen LogP contribution in [-0.2, 0) is 20.9 Å². The molecule has 0 radical (unpaired) electrons. The first kappa shape index (κ1) is 15.9. The largest absolute Gasteiger partial charge is 0.463 e. The molecule has 1 amide bonds. The number of nitrogens with one attached hydrogen (secondary N) is 2. The minimum absolute atomic E-state index is 0.183. The van der Waals surface area contributed by atoms with Crippen molar-refractivity contribution in [1.82, 2.24) is 15.6 Å². The Morgan fingerprint density at radius 1 is 1.38 bits per heavy atom. The Kier molecular flexibility index (Phi) is 4.39. The van der Waals surface area contributed by atoms with Gasteiger partial charge in [0, 0.05) is 11.6 Å². The molecular weight excluding hydrogens is 330 g/mol. The van der Waals surface area contributed by atoms with Crippen LogP contribution >= 0.6 is 12.2 Å². The average Bonchev–Trinajstić information content (AvgIpc) is 3.13. The van der Waals surface area contributed by atoms with Crippen molar-refractivity contribution >= 4 is 35.8 Å². The fraction of sp³-hybridized carbons (Fsp3) is 0.125. The molecule has 122 valence electrons. The Balaban J connectivity index is 1.85. The summed E-state index contributed by atoms with van der Waals surface area (Å²) in [5.74, 6) is 0.496. The lowest BCUT2D eigenvalue weighted by Crippen LogP contribution is -2.21. The van der Waals surface area contributed by atoms with Crippen molar-refractivity contribution in [3.8, 4) is 11.5 Å². The number of aromatic nitrogens is 1. The zero-order chi connectivity index (χ0) is 17.1. The van der Waals surface area contributed by atoms with Crippen molar-refractivity contribution in [3.05, 3.63) is 47.0 Å². The molecule has 2 aromatic rings. The molecule has 0 unspecified atom stereocenters. The van der Waals surface area contributed by atoms with Gasteiger partial charge in [0.05, 0.1) is 6.20 Å². The first-order valence-corrected chi connectivity index (χ1v) is 7.42. The molecule has 1 aromatic heterocycles. The van der Waals surface area contributed by atoms with E-state index in [9.17, 15) is 9.59 Å². The number of hydrogen-bond donors (Lipinski definition) is 2. The molecule has 0 saturated carbocycles. The van der Waals surface area contributed by atoms with Crippen molar-refractivity contribution in [3.63, 3.8) is 0 Å². The van der Waals surface area contributed by atoms with Crippen LogP contribution in [-0.4, -0.2) is 22.5 Å². The Hall–Kier alpha value is -3.00. The quantitative estimate of drug-likeness (QED) is 0.484. The number of hydrogen-bond acceptors (Lipinski definition) is 6. The van der Waals surface area contributed by atoms with Crippen LogP contribution in [0.3, 0.4) is 0 Å². The van der Waals surface area contributed by atoms with Gasteiger partial charge < -0.3 is 14.5 Å². The lowest BCUT2D eigenvalue weighted by Gasteiger charge is -2.06. The van der Waals surface area contributed by atoms with E-state index in [2.05, 4.69) is 15.6 Å². The summed E-state index contributed by atoms with van der Waals surface area (Å²) in [6.07, 6.45) is 3.04. The Morgan fingerprint density at radius 2 is 2.21 bits per heavy atom. The van der Waals surface area contributed by atoms with Crippen LogP contribution in [0, 0.1) is 6.92 Å². The molecule has 24 heavy (non-hydrogen) atoms. The number of amides is 1. The third-order valence-corrected chi connectivity index (χ3v) is 3.64. The first-order chi connectivity index (χ1) is 11.6. The van der Waals surface area contributed by atoms with Gasteiger partial charge in [0.15, 0.2) is 5.11 Å². The Morgan fingerprint density at radius 3 is 2.92 bits per heavy atom. The molecule has 1 aliphatic heterocycles. The number of oxazole rings is 1. The second kappa shape index (κ2) is 6.63. The van der Waals surface area contributed by atoms with Gasteiger partial charge in [-0.3, -0.25) is 14.9 Å². The van der Waals surface area contributed by atoms with Gasteiger partial charge in [-0.15, -0.1) is 0 Å². The summed E-state index contributed by atoms with van der Waals surface area (Å²) in [7, 11) is 0. The third kappa shape index (κ3) is 3.33. The predicted octanol–water partition coefficient (Wildman–Crippen LogP) is 1.67. The van der Waals surface area contributed by atoms with Crippen molar-refractivity contribution in [2.24, 2.45) is 0 Å². The highest BCUT2D eigenvalue weighted by Gasteiger charge is 2.20. The van der Waals surface area contributed by atoms with Crippen LogP contribution in [0.1, 0.15) is 16.9 Å². The van der Waals surface area contributed by atoms with Gasteiger partial charge in [0.1, 0.15) is 18.1 Å². The van der Waals surface area contributed by atoms with Crippen LogP contribution in [0.5, 0.6) is 0 Å². The molecule has 1 saturated heterocycles. The van der Waals surface area contributed by atoms with Gasteiger partial charge in [-0.05, 0) is 42.4 Å². The van der Waals surface area contributed by atoms with Crippen LogP contribution in [0.2, 0.25) is 0 Å². The average molecular weight is 343 g/mol. The molecule has 2 heterocycles. The second-order valence-electron chi connectivity index (χ2n) is 5.08. The molecule has 0 bridgehead atoms. The minimum atomic E-state index is -0.318. The number of nitrogens with zero attached hydrogens (tertiary/aromatic N) is 1. The van der Waals surface area contributed by atoms with Gasteiger partial charge in [0.2, 0.25) is 5.89 Å². The number of rotatable bonds is 5. The second-order valence-corrected chi connectivity index (χ2v) is 5.49. The molecule has 1 fully saturated rings. The topological polar surface area (TPSA) is 93.5 Å². The van der Waals surface area contributed by atoms with E-state index in [0.717, 1.165) is 16.7 Å². The Bertz CT molecular complexity index is 857. The van der Waals surface area contributed by atoms with Crippen molar-refractivity contribution < 1.29 is 18.7 Å². The SMILES string of the molecule is Cc1ccc(-c2ncc(/C=C3\NC(=S)NC3=O)o2)cc1COC=O. The molecule has 7 nitrogen and oxygen atoms in total. The standard InChI is InChI=1S/C16H13N3O4S/c1-9-2-3-10(4-11(9)7-22-8-20)15-17-6-12(23-15)5-13-14(21)19-16(24)18-13/h2-6,8H,7H2,1H3,(H2,18,19,21,24)/b13-5-. The highest BCUT2D eigenvalue weighted by Crippen LogP contribution is 2.23. The summed E-state index contributed by atoms with van der Waals surface area (Å²) >= 11 is 4.87. The van der Waals surface area contributed by atoms with Crippen molar-refractivity contribution in [2.45, 2.75) is 13.5 Å². The highest BCUT2D eigenvalue weighted by molar-refractivity contribution is 7.80. The third-order valence-electron chi connectivity index (χ3n) is 3.43. The van der Waals surface area contributed by atoms with E-state index in [0.29, 0.717) is 23.8 Å². The van der Waals surface area contributed by atoms with Crippen LogP contribution < -0.4 is 10.6 Å². The zero-order valence-corrected chi connectivity index (χ0v) is 13.5. The molecule has 2 N–H and O–H groups in total. The lowest BCUT2D eigenvalue weighted by molar-refractivity contribution is -0.129. The van der Waals surface area contributed by atoms with E-state index >= 15 is 0 Å². The van der Waals surface area contributed by atoms with Gasteiger partial charge >= 0.3 is 0 Å². The molecule has 0 aliphatic carbocycles. The maximum Gasteiger partial charge on any atom is 0.293 e. The van der Waals surface area contributed by atoms with E-state index in [-0.39, 0.29) is 17.6 Å². The molecule has 0 atom stereocenters. The van der Waals surface area contributed by atoms with E-state index in [4.69, 9.17) is 21.4 Å². The number of ether oxygens (including phenoxy) is 1. The molecule has 1 aromatic carbocycles. The first-order valence-electron chi connectivity index (χ1n) is 7.02. The number of carbonyl (C=O) groups excluding carboxylic acids is 2. The normalized spacial score (nSPS) is 15.3. The fourth-order valence-corrected chi connectivity index (χ4v) is 2.40.